The Balaban J connectivity index is 1.65. The van der Waals surface area contributed by atoms with Gasteiger partial charge in [0.2, 0.25) is 0 Å². The molecule has 1 aliphatic heterocycles. The highest BCUT2D eigenvalue weighted by molar-refractivity contribution is 6.06. The number of aryl methyl sites for hydroxylation is 2. The zero-order chi connectivity index (χ0) is 22.1. The van der Waals surface area contributed by atoms with Gasteiger partial charge < -0.3 is 15.5 Å². The maximum atomic E-state index is 13.4. The van der Waals surface area contributed by atoms with Gasteiger partial charge in [-0.25, -0.2) is 13.9 Å². The van der Waals surface area contributed by atoms with E-state index in [1.807, 2.05) is 38.2 Å². The first kappa shape index (κ1) is 20.3. The van der Waals surface area contributed by atoms with Gasteiger partial charge in [-0.05, 0) is 54.8 Å². The molecular weight excluding hydrogens is 397 g/mol. The standard InChI is InChI=1S/C23H22FN5O2/c1-14-11-25-29(12-14)18-9-4-15(2)20(10-18)26-22(30)19-13-28(3)23(31)27-21(19)16-5-7-17(24)8-6-16/h4-13,21H,1-3H3,(H,26,30)(H,27,31). The van der Waals surface area contributed by atoms with Crippen LogP contribution in [-0.2, 0) is 4.79 Å². The van der Waals surface area contributed by atoms with Gasteiger partial charge in [0.05, 0.1) is 23.5 Å². The highest BCUT2D eigenvalue weighted by Crippen LogP contribution is 2.28. The molecule has 4 rings (SSSR count). The third kappa shape index (κ3) is 4.18. The van der Waals surface area contributed by atoms with Crippen molar-refractivity contribution in [3.8, 4) is 5.69 Å². The van der Waals surface area contributed by atoms with Crippen LogP contribution in [0, 0.1) is 19.7 Å². The number of aromatic nitrogens is 2. The predicted molar refractivity (Wildman–Crippen MR) is 115 cm³/mol. The van der Waals surface area contributed by atoms with Crippen LogP contribution < -0.4 is 10.6 Å². The number of urea groups is 1. The molecule has 0 fully saturated rings. The molecule has 158 valence electrons. The molecule has 1 unspecified atom stereocenters. The van der Waals surface area contributed by atoms with Crippen molar-refractivity contribution in [2.45, 2.75) is 19.9 Å². The van der Waals surface area contributed by atoms with Crippen LogP contribution in [0.5, 0.6) is 0 Å². The van der Waals surface area contributed by atoms with E-state index in [1.54, 1.807) is 30.1 Å². The maximum absolute atomic E-state index is 13.4. The number of nitrogens with one attached hydrogen (secondary N) is 2. The minimum absolute atomic E-state index is 0.341. The van der Waals surface area contributed by atoms with Crippen molar-refractivity contribution in [1.29, 1.82) is 0 Å². The molecule has 1 atom stereocenters. The fraction of sp³-hybridized carbons (Fsp3) is 0.174. The van der Waals surface area contributed by atoms with Gasteiger partial charge in [-0.2, -0.15) is 5.10 Å². The zero-order valence-corrected chi connectivity index (χ0v) is 17.4. The molecule has 0 saturated carbocycles. The summed E-state index contributed by atoms with van der Waals surface area (Å²) >= 11 is 0. The minimum atomic E-state index is -0.693. The van der Waals surface area contributed by atoms with Crippen molar-refractivity contribution in [2.75, 3.05) is 12.4 Å². The molecule has 1 aromatic heterocycles. The van der Waals surface area contributed by atoms with E-state index in [9.17, 15) is 14.0 Å². The molecule has 31 heavy (non-hydrogen) atoms. The van der Waals surface area contributed by atoms with E-state index >= 15 is 0 Å². The zero-order valence-electron chi connectivity index (χ0n) is 17.4. The van der Waals surface area contributed by atoms with Crippen LogP contribution in [0.4, 0.5) is 14.9 Å². The van der Waals surface area contributed by atoms with Crippen molar-refractivity contribution < 1.29 is 14.0 Å². The number of hydrogen-bond donors (Lipinski definition) is 2. The Labute approximate surface area is 179 Å². The lowest BCUT2D eigenvalue weighted by atomic mass is 9.97. The molecule has 1 aliphatic rings. The summed E-state index contributed by atoms with van der Waals surface area (Å²) in [5.41, 5.74) is 4.31. The first-order valence-corrected chi connectivity index (χ1v) is 9.76. The van der Waals surface area contributed by atoms with Gasteiger partial charge in [-0.3, -0.25) is 4.79 Å². The van der Waals surface area contributed by atoms with E-state index < -0.39 is 6.04 Å². The van der Waals surface area contributed by atoms with E-state index in [0.29, 0.717) is 16.8 Å². The summed E-state index contributed by atoms with van der Waals surface area (Å²) in [5, 5.41) is 10.0. The van der Waals surface area contributed by atoms with Crippen LogP contribution in [0.1, 0.15) is 22.7 Å². The van der Waals surface area contributed by atoms with Gasteiger partial charge >= 0.3 is 6.03 Å². The monoisotopic (exact) mass is 419 g/mol. The molecule has 0 aliphatic carbocycles. The number of benzene rings is 2. The van der Waals surface area contributed by atoms with Gasteiger partial charge in [0, 0.05) is 25.1 Å². The number of amides is 3. The molecule has 3 amide bonds. The molecule has 0 bridgehead atoms. The Kier molecular flexibility index (Phi) is 5.29. The summed E-state index contributed by atoms with van der Waals surface area (Å²) < 4.78 is 15.1. The molecule has 7 nitrogen and oxygen atoms in total. The Morgan fingerprint density at radius 1 is 1.16 bits per heavy atom. The fourth-order valence-corrected chi connectivity index (χ4v) is 3.39. The Morgan fingerprint density at radius 3 is 2.58 bits per heavy atom. The third-order valence-electron chi connectivity index (χ3n) is 5.14. The molecule has 0 saturated heterocycles. The normalized spacial score (nSPS) is 16.0. The summed E-state index contributed by atoms with van der Waals surface area (Å²) in [7, 11) is 1.56. The summed E-state index contributed by atoms with van der Waals surface area (Å²) in [6, 6.07) is 10.3. The van der Waals surface area contributed by atoms with E-state index in [1.165, 1.54) is 23.2 Å². The van der Waals surface area contributed by atoms with Crippen molar-refractivity contribution >= 4 is 17.6 Å². The molecule has 0 radical (unpaired) electrons. The van der Waals surface area contributed by atoms with Crippen molar-refractivity contribution in [3.63, 3.8) is 0 Å². The number of carbonyl (C=O) groups is 2. The van der Waals surface area contributed by atoms with Crippen LogP contribution in [0.15, 0.2) is 66.6 Å². The lowest BCUT2D eigenvalue weighted by molar-refractivity contribution is -0.113. The molecule has 0 spiro atoms. The molecule has 2 aromatic carbocycles. The fourth-order valence-electron chi connectivity index (χ4n) is 3.39. The number of halogens is 1. The number of rotatable bonds is 4. The highest BCUT2D eigenvalue weighted by Gasteiger charge is 2.30. The lowest BCUT2D eigenvalue weighted by Crippen LogP contribution is -2.44. The average Bonchev–Trinajstić information content (AvgIpc) is 3.18. The van der Waals surface area contributed by atoms with Gasteiger partial charge in [-0.15, -0.1) is 0 Å². The number of anilines is 1. The van der Waals surface area contributed by atoms with Gasteiger partial charge in [0.15, 0.2) is 0 Å². The largest absolute Gasteiger partial charge is 0.327 e. The van der Waals surface area contributed by atoms with E-state index in [0.717, 1.165) is 16.8 Å². The van der Waals surface area contributed by atoms with Crippen molar-refractivity contribution in [3.05, 3.63) is 89.1 Å². The van der Waals surface area contributed by atoms with Crippen LogP contribution in [-0.4, -0.2) is 33.7 Å². The number of carbonyl (C=O) groups excluding carboxylic acids is 2. The quantitative estimate of drug-likeness (QED) is 0.674. The smallest absolute Gasteiger partial charge is 0.321 e. The summed E-state index contributed by atoms with van der Waals surface area (Å²) in [5.74, 6) is -0.752. The third-order valence-corrected chi connectivity index (χ3v) is 5.14. The molecule has 8 heteroatoms. The first-order chi connectivity index (χ1) is 14.8. The number of hydrogen-bond acceptors (Lipinski definition) is 3. The van der Waals surface area contributed by atoms with E-state index in [-0.39, 0.29) is 17.8 Å². The van der Waals surface area contributed by atoms with E-state index in [2.05, 4.69) is 15.7 Å². The second-order valence-electron chi connectivity index (χ2n) is 7.55. The average molecular weight is 419 g/mol. The van der Waals surface area contributed by atoms with Crippen LogP contribution in [0.2, 0.25) is 0 Å². The van der Waals surface area contributed by atoms with Gasteiger partial charge in [0.25, 0.3) is 5.91 Å². The second kappa shape index (κ2) is 8.06. The Morgan fingerprint density at radius 2 is 1.90 bits per heavy atom. The summed E-state index contributed by atoms with van der Waals surface area (Å²) in [4.78, 5) is 26.7. The van der Waals surface area contributed by atoms with Crippen molar-refractivity contribution in [2.24, 2.45) is 0 Å². The first-order valence-electron chi connectivity index (χ1n) is 9.76. The van der Waals surface area contributed by atoms with Crippen molar-refractivity contribution in [1.82, 2.24) is 20.0 Å². The predicted octanol–water partition coefficient (Wildman–Crippen LogP) is 3.85. The second-order valence-corrected chi connectivity index (χ2v) is 7.55. The van der Waals surface area contributed by atoms with E-state index in [4.69, 9.17) is 0 Å². The molecule has 3 aromatic rings. The topological polar surface area (TPSA) is 79.3 Å². The lowest BCUT2D eigenvalue weighted by Gasteiger charge is -2.30. The molecular formula is C23H22FN5O2. The maximum Gasteiger partial charge on any atom is 0.321 e. The summed E-state index contributed by atoms with van der Waals surface area (Å²) in [6.45, 7) is 3.85. The van der Waals surface area contributed by atoms with Crippen LogP contribution in [0.3, 0.4) is 0 Å². The van der Waals surface area contributed by atoms with Gasteiger partial charge in [-0.1, -0.05) is 18.2 Å². The summed E-state index contributed by atoms with van der Waals surface area (Å²) in [6.07, 6.45) is 5.16. The van der Waals surface area contributed by atoms with Gasteiger partial charge in [0.1, 0.15) is 5.82 Å². The van der Waals surface area contributed by atoms with Crippen LogP contribution >= 0.6 is 0 Å². The van der Waals surface area contributed by atoms with Crippen LogP contribution in [0.25, 0.3) is 5.69 Å². The highest BCUT2D eigenvalue weighted by atomic mass is 19.1. The number of nitrogens with zero attached hydrogens (tertiary/aromatic N) is 3. The minimum Gasteiger partial charge on any atom is -0.327 e. The SMILES string of the molecule is Cc1cnn(-c2ccc(C)c(NC(=O)C3=CN(C)C(=O)NC3c3ccc(F)cc3)c2)c1. The molecule has 2 heterocycles. The Bertz CT molecular complexity index is 1180. The molecule has 2 N–H and O–H groups in total. The Hall–Kier alpha value is -3.94.